The van der Waals surface area contributed by atoms with Crippen molar-refractivity contribution in [1.82, 2.24) is 4.72 Å². The molecule has 0 unspecified atom stereocenters. The summed E-state index contributed by atoms with van der Waals surface area (Å²) < 4.78 is 26.0. The van der Waals surface area contributed by atoms with Gasteiger partial charge < -0.3 is 10.2 Å². The van der Waals surface area contributed by atoms with Gasteiger partial charge in [0, 0.05) is 6.61 Å². The minimum atomic E-state index is -3.59. The molecule has 0 aliphatic heterocycles. The van der Waals surface area contributed by atoms with Crippen LogP contribution in [0.3, 0.4) is 0 Å². The van der Waals surface area contributed by atoms with Crippen LogP contribution >= 0.6 is 0 Å². The number of aliphatic hydroxyl groups excluding tert-OH is 1. The first-order valence-electron chi connectivity index (χ1n) is 5.82. The average molecular weight is 265 g/mol. The van der Waals surface area contributed by atoms with Gasteiger partial charge in [-0.2, -0.15) is 0 Å². The van der Waals surface area contributed by atoms with Crippen molar-refractivity contribution in [2.45, 2.75) is 49.8 Å². The van der Waals surface area contributed by atoms with Crippen LogP contribution in [0.5, 0.6) is 0 Å². The maximum Gasteiger partial charge on any atom is 0.321 e. The van der Waals surface area contributed by atoms with E-state index in [9.17, 15) is 13.2 Å². The second-order valence-corrected chi connectivity index (χ2v) is 6.32. The highest BCUT2D eigenvalue weighted by atomic mass is 32.2. The zero-order chi connectivity index (χ0) is 12.9. The number of aliphatic hydroxyl groups is 1. The third kappa shape index (κ3) is 4.25. The van der Waals surface area contributed by atoms with E-state index >= 15 is 0 Å². The van der Waals surface area contributed by atoms with Gasteiger partial charge in [-0.05, 0) is 19.3 Å². The van der Waals surface area contributed by atoms with Crippen molar-refractivity contribution in [3.8, 4) is 0 Å². The molecule has 0 bridgehead atoms. The third-order valence-electron chi connectivity index (χ3n) is 3.01. The molecule has 0 radical (unpaired) electrons. The Kier molecular flexibility index (Phi) is 5.35. The fourth-order valence-corrected chi connectivity index (χ4v) is 3.79. The molecule has 1 atom stereocenters. The Morgan fingerprint density at radius 1 is 1.29 bits per heavy atom. The highest BCUT2D eigenvalue weighted by Gasteiger charge is 2.31. The van der Waals surface area contributed by atoms with E-state index in [0.717, 1.165) is 19.3 Å². The van der Waals surface area contributed by atoms with Crippen LogP contribution in [0.2, 0.25) is 0 Å². The molecular weight excluding hydrogens is 246 g/mol. The average Bonchev–Trinajstić information content (AvgIpc) is 2.29. The van der Waals surface area contributed by atoms with Crippen LogP contribution in [0.25, 0.3) is 0 Å². The normalized spacial score (nSPS) is 20.1. The molecule has 6 nitrogen and oxygen atoms in total. The summed E-state index contributed by atoms with van der Waals surface area (Å²) in [7, 11) is -3.59. The molecule has 0 amide bonds. The molecule has 7 heteroatoms. The van der Waals surface area contributed by atoms with E-state index in [2.05, 4.69) is 4.72 Å². The number of sulfonamides is 1. The van der Waals surface area contributed by atoms with E-state index in [4.69, 9.17) is 10.2 Å². The van der Waals surface area contributed by atoms with Gasteiger partial charge in [-0.15, -0.1) is 0 Å². The third-order valence-corrected chi connectivity index (χ3v) is 4.98. The molecule has 1 saturated carbocycles. The van der Waals surface area contributed by atoms with Crippen LogP contribution in [0.4, 0.5) is 0 Å². The second-order valence-electron chi connectivity index (χ2n) is 4.33. The van der Waals surface area contributed by atoms with Gasteiger partial charge in [0.15, 0.2) is 0 Å². The van der Waals surface area contributed by atoms with Crippen LogP contribution in [-0.2, 0) is 14.8 Å². The lowest BCUT2D eigenvalue weighted by Crippen LogP contribution is -2.46. The lowest BCUT2D eigenvalue weighted by Gasteiger charge is -2.24. The summed E-state index contributed by atoms with van der Waals surface area (Å²) in [5.41, 5.74) is 0. The Hall–Kier alpha value is -0.660. The fourth-order valence-electron chi connectivity index (χ4n) is 2.03. The van der Waals surface area contributed by atoms with Crippen LogP contribution in [0.15, 0.2) is 0 Å². The second kappa shape index (κ2) is 6.32. The molecule has 17 heavy (non-hydrogen) atoms. The van der Waals surface area contributed by atoms with Gasteiger partial charge in [-0.1, -0.05) is 19.3 Å². The molecule has 0 heterocycles. The van der Waals surface area contributed by atoms with Crippen LogP contribution in [0, 0.1) is 0 Å². The summed E-state index contributed by atoms with van der Waals surface area (Å²) in [6.07, 6.45) is 3.82. The van der Waals surface area contributed by atoms with Gasteiger partial charge in [-0.25, -0.2) is 13.1 Å². The monoisotopic (exact) mass is 265 g/mol. The van der Waals surface area contributed by atoms with Gasteiger partial charge in [-0.3, -0.25) is 4.79 Å². The van der Waals surface area contributed by atoms with E-state index in [1.54, 1.807) is 0 Å². The summed E-state index contributed by atoms with van der Waals surface area (Å²) in [5, 5.41) is 17.0. The highest BCUT2D eigenvalue weighted by Crippen LogP contribution is 2.23. The smallest absolute Gasteiger partial charge is 0.321 e. The van der Waals surface area contributed by atoms with Crippen molar-refractivity contribution in [3.63, 3.8) is 0 Å². The quantitative estimate of drug-likeness (QED) is 0.630. The van der Waals surface area contributed by atoms with Crippen LogP contribution in [-0.4, -0.2) is 42.5 Å². The zero-order valence-electron chi connectivity index (χ0n) is 9.63. The maximum atomic E-state index is 11.9. The summed E-state index contributed by atoms with van der Waals surface area (Å²) in [6.45, 7) is -0.357. The molecule has 1 aliphatic rings. The molecule has 0 saturated heterocycles. The number of hydrogen-bond acceptors (Lipinski definition) is 4. The molecule has 0 spiro atoms. The molecule has 100 valence electrons. The van der Waals surface area contributed by atoms with Gasteiger partial charge in [0.2, 0.25) is 10.0 Å². The van der Waals surface area contributed by atoms with E-state index in [-0.39, 0.29) is 13.0 Å². The standard InChI is InChI=1S/C10H19NO5S/c12-7-6-9(10(13)14)11-17(15,16)8-4-2-1-3-5-8/h8-9,11-12H,1-7H2,(H,13,14)/t9-/m0/s1. The van der Waals surface area contributed by atoms with Crippen LogP contribution in [0.1, 0.15) is 38.5 Å². The lowest BCUT2D eigenvalue weighted by atomic mass is 10.0. The van der Waals surface area contributed by atoms with Gasteiger partial charge in [0.25, 0.3) is 0 Å². The minimum absolute atomic E-state index is 0.110. The number of carbonyl (C=O) groups is 1. The molecule has 1 rings (SSSR count). The Morgan fingerprint density at radius 2 is 1.88 bits per heavy atom. The summed E-state index contributed by atoms with van der Waals surface area (Å²) in [4.78, 5) is 10.8. The van der Waals surface area contributed by atoms with E-state index in [1.807, 2.05) is 0 Å². The van der Waals surface area contributed by atoms with Crippen LogP contribution < -0.4 is 4.72 Å². The Morgan fingerprint density at radius 3 is 2.35 bits per heavy atom. The van der Waals surface area contributed by atoms with E-state index in [1.165, 1.54) is 0 Å². The Bertz CT molecular complexity index is 348. The molecule has 3 N–H and O–H groups in total. The summed E-state index contributed by atoms with van der Waals surface area (Å²) in [6, 6.07) is -1.23. The number of aliphatic carboxylic acids is 1. The first-order valence-corrected chi connectivity index (χ1v) is 7.37. The zero-order valence-corrected chi connectivity index (χ0v) is 10.4. The van der Waals surface area contributed by atoms with Gasteiger partial charge in [0.05, 0.1) is 5.25 Å². The lowest BCUT2D eigenvalue weighted by molar-refractivity contribution is -0.139. The Balaban J connectivity index is 2.65. The van der Waals surface area contributed by atoms with E-state index < -0.39 is 27.3 Å². The molecular formula is C10H19NO5S. The molecule has 1 aliphatic carbocycles. The van der Waals surface area contributed by atoms with Crippen molar-refractivity contribution in [1.29, 1.82) is 0 Å². The highest BCUT2D eigenvalue weighted by molar-refractivity contribution is 7.90. The van der Waals surface area contributed by atoms with Crippen molar-refractivity contribution in [3.05, 3.63) is 0 Å². The first-order chi connectivity index (χ1) is 7.97. The number of nitrogens with one attached hydrogen (secondary N) is 1. The topological polar surface area (TPSA) is 104 Å². The van der Waals surface area contributed by atoms with Gasteiger partial charge >= 0.3 is 5.97 Å². The molecule has 0 aromatic carbocycles. The van der Waals surface area contributed by atoms with E-state index in [0.29, 0.717) is 12.8 Å². The molecule has 0 aromatic heterocycles. The number of carboxylic acid groups (broad SMARTS) is 1. The molecule has 1 fully saturated rings. The maximum absolute atomic E-state index is 11.9. The largest absolute Gasteiger partial charge is 0.480 e. The number of hydrogen-bond donors (Lipinski definition) is 3. The fraction of sp³-hybridized carbons (Fsp3) is 0.900. The summed E-state index contributed by atoms with van der Waals surface area (Å²) >= 11 is 0. The van der Waals surface area contributed by atoms with Crippen molar-refractivity contribution >= 4 is 16.0 Å². The number of carboxylic acids is 1. The molecule has 0 aromatic rings. The van der Waals surface area contributed by atoms with Crippen molar-refractivity contribution in [2.24, 2.45) is 0 Å². The number of rotatable bonds is 6. The minimum Gasteiger partial charge on any atom is -0.480 e. The predicted octanol–water partition coefficient (Wildman–Crippen LogP) is 0.0741. The first kappa shape index (κ1) is 14.4. The van der Waals surface area contributed by atoms with Crippen molar-refractivity contribution in [2.75, 3.05) is 6.61 Å². The van der Waals surface area contributed by atoms with Gasteiger partial charge in [0.1, 0.15) is 6.04 Å². The summed E-state index contributed by atoms with van der Waals surface area (Å²) in [5.74, 6) is -1.25. The SMILES string of the molecule is O=C(O)[C@H](CCO)NS(=O)(=O)C1CCCCC1. The Labute approximate surface area is 101 Å². The predicted molar refractivity (Wildman–Crippen MR) is 62.1 cm³/mol. The van der Waals surface area contributed by atoms with Crippen molar-refractivity contribution < 1.29 is 23.4 Å².